The smallest absolute Gasteiger partial charge is 0.240 e. The van der Waals surface area contributed by atoms with Crippen molar-refractivity contribution in [1.82, 2.24) is 4.72 Å². The highest BCUT2D eigenvalue weighted by Crippen LogP contribution is 2.29. The van der Waals surface area contributed by atoms with Crippen LogP contribution >= 0.6 is 0 Å². The van der Waals surface area contributed by atoms with E-state index in [0.717, 1.165) is 25.3 Å². The first kappa shape index (κ1) is 16.4. The Hall–Kier alpha value is -0.980. The second kappa shape index (κ2) is 6.42. The molecule has 3 unspecified atom stereocenters. The Bertz CT molecular complexity index is 604. The van der Waals surface area contributed by atoms with Crippen molar-refractivity contribution in [3.63, 3.8) is 0 Å². The van der Waals surface area contributed by atoms with Gasteiger partial charge in [0.25, 0.3) is 0 Å². The van der Waals surface area contributed by atoms with Gasteiger partial charge in [0, 0.05) is 18.2 Å². The zero-order valence-corrected chi connectivity index (χ0v) is 13.3. The van der Waals surface area contributed by atoms with E-state index in [4.69, 9.17) is 5.73 Å². The molecule has 2 rings (SSSR count). The van der Waals surface area contributed by atoms with Gasteiger partial charge in [-0.25, -0.2) is 17.5 Å². The monoisotopic (exact) mass is 314 g/mol. The maximum absolute atomic E-state index is 13.4. The number of nitrogens with one attached hydrogen (secondary N) is 1. The van der Waals surface area contributed by atoms with Crippen molar-refractivity contribution in [3.8, 4) is 0 Å². The third-order valence-electron chi connectivity index (χ3n) is 4.29. The lowest BCUT2D eigenvalue weighted by atomic mass is 9.80. The summed E-state index contributed by atoms with van der Waals surface area (Å²) < 4.78 is 41.1. The minimum Gasteiger partial charge on any atom is -0.326 e. The van der Waals surface area contributed by atoms with Crippen LogP contribution in [0.1, 0.15) is 38.7 Å². The van der Waals surface area contributed by atoms with Gasteiger partial charge in [-0.1, -0.05) is 13.8 Å². The summed E-state index contributed by atoms with van der Waals surface area (Å²) in [5, 5.41) is 0. The van der Waals surface area contributed by atoms with Crippen molar-refractivity contribution in [1.29, 1.82) is 0 Å². The predicted molar refractivity (Wildman–Crippen MR) is 80.6 cm³/mol. The topological polar surface area (TPSA) is 72.2 Å². The highest BCUT2D eigenvalue weighted by Gasteiger charge is 2.29. The van der Waals surface area contributed by atoms with Crippen LogP contribution in [-0.2, 0) is 16.6 Å². The molecule has 0 aliphatic heterocycles. The van der Waals surface area contributed by atoms with E-state index >= 15 is 0 Å². The molecule has 3 N–H and O–H groups in total. The van der Waals surface area contributed by atoms with E-state index in [9.17, 15) is 12.8 Å². The molecule has 21 heavy (non-hydrogen) atoms. The predicted octanol–water partition coefficient (Wildman–Crippen LogP) is 2.39. The molecule has 1 aliphatic carbocycles. The Morgan fingerprint density at radius 3 is 2.67 bits per heavy atom. The van der Waals surface area contributed by atoms with Crippen LogP contribution in [0.25, 0.3) is 0 Å². The maximum atomic E-state index is 13.4. The molecule has 1 aromatic rings. The maximum Gasteiger partial charge on any atom is 0.240 e. The third kappa shape index (κ3) is 3.81. The van der Waals surface area contributed by atoms with Crippen molar-refractivity contribution in [2.45, 2.75) is 50.6 Å². The van der Waals surface area contributed by atoms with Crippen LogP contribution in [0.4, 0.5) is 4.39 Å². The first-order valence-electron chi connectivity index (χ1n) is 7.34. The lowest BCUT2D eigenvalue weighted by Gasteiger charge is -2.32. The zero-order chi connectivity index (χ0) is 15.6. The molecule has 0 bridgehead atoms. The Labute approximate surface area is 126 Å². The summed E-state index contributed by atoms with van der Waals surface area (Å²) in [5.41, 5.74) is 5.64. The molecule has 0 aromatic heterocycles. The number of rotatable bonds is 4. The van der Waals surface area contributed by atoms with Crippen LogP contribution < -0.4 is 10.5 Å². The van der Waals surface area contributed by atoms with Gasteiger partial charge in [-0.05, 0) is 49.3 Å². The van der Waals surface area contributed by atoms with Gasteiger partial charge >= 0.3 is 0 Å². The molecule has 118 valence electrons. The normalized spacial score (nSPS) is 26.8. The molecular formula is C15H23FN2O2S. The van der Waals surface area contributed by atoms with Crippen molar-refractivity contribution >= 4 is 10.0 Å². The van der Waals surface area contributed by atoms with Gasteiger partial charge in [-0.2, -0.15) is 0 Å². The Kier molecular flexibility index (Phi) is 5.01. The molecule has 4 nitrogen and oxygen atoms in total. The molecular weight excluding hydrogens is 291 g/mol. The highest BCUT2D eigenvalue weighted by molar-refractivity contribution is 7.89. The minimum atomic E-state index is -3.63. The van der Waals surface area contributed by atoms with Gasteiger partial charge in [0.15, 0.2) is 0 Å². The van der Waals surface area contributed by atoms with Gasteiger partial charge in [0.1, 0.15) is 5.82 Å². The van der Waals surface area contributed by atoms with E-state index < -0.39 is 15.8 Å². The summed E-state index contributed by atoms with van der Waals surface area (Å²) in [6.07, 6.45) is 2.88. The fourth-order valence-corrected chi connectivity index (χ4v) is 4.41. The molecule has 0 saturated heterocycles. The average molecular weight is 314 g/mol. The minimum absolute atomic E-state index is 0.0213. The van der Waals surface area contributed by atoms with Crippen molar-refractivity contribution < 1.29 is 12.8 Å². The number of sulfonamides is 1. The average Bonchev–Trinajstić information content (AvgIpc) is 2.42. The van der Waals surface area contributed by atoms with Crippen molar-refractivity contribution in [2.24, 2.45) is 17.6 Å². The van der Waals surface area contributed by atoms with E-state index in [1.165, 1.54) is 12.1 Å². The molecule has 1 aliphatic rings. The van der Waals surface area contributed by atoms with Crippen LogP contribution in [0.15, 0.2) is 23.1 Å². The molecule has 6 heteroatoms. The quantitative estimate of drug-likeness (QED) is 0.896. The molecule has 0 heterocycles. The Morgan fingerprint density at radius 2 is 2.05 bits per heavy atom. The molecule has 3 atom stereocenters. The number of hydrogen-bond donors (Lipinski definition) is 2. The summed E-state index contributed by atoms with van der Waals surface area (Å²) in [7, 11) is -3.63. The second-order valence-corrected chi connectivity index (χ2v) is 7.79. The summed E-state index contributed by atoms with van der Waals surface area (Å²) in [6.45, 7) is 4.24. The third-order valence-corrected chi connectivity index (χ3v) is 5.77. The molecule has 0 amide bonds. The fourth-order valence-electron chi connectivity index (χ4n) is 2.98. The second-order valence-electron chi connectivity index (χ2n) is 6.08. The summed E-state index contributed by atoms with van der Waals surface area (Å²) in [6, 6.07) is 3.70. The van der Waals surface area contributed by atoms with Crippen LogP contribution in [0.2, 0.25) is 0 Å². The molecule has 1 aromatic carbocycles. The number of halogens is 1. The van der Waals surface area contributed by atoms with E-state index in [0.29, 0.717) is 11.8 Å². The Morgan fingerprint density at radius 1 is 1.33 bits per heavy atom. The summed E-state index contributed by atoms with van der Waals surface area (Å²) in [5.74, 6) is 0.463. The summed E-state index contributed by atoms with van der Waals surface area (Å²) >= 11 is 0. The lowest BCUT2D eigenvalue weighted by molar-refractivity contribution is 0.249. The zero-order valence-electron chi connectivity index (χ0n) is 12.5. The van der Waals surface area contributed by atoms with Crippen LogP contribution in [0, 0.1) is 17.7 Å². The fraction of sp³-hybridized carbons (Fsp3) is 0.600. The van der Waals surface area contributed by atoms with Gasteiger partial charge < -0.3 is 5.73 Å². The van der Waals surface area contributed by atoms with E-state index in [2.05, 4.69) is 18.6 Å². The summed E-state index contributed by atoms with van der Waals surface area (Å²) in [4.78, 5) is 0.0789. The first-order valence-corrected chi connectivity index (χ1v) is 8.82. The molecule has 0 radical (unpaired) electrons. The first-order chi connectivity index (χ1) is 9.83. The number of nitrogens with two attached hydrogens (primary N) is 1. The van der Waals surface area contributed by atoms with Crippen LogP contribution in [0.5, 0.6) is 0 Å². The van der Waals surface area contributed by atoms with Crippen molar-refractivity contribution in [3.05, 3.63) is 29.6 Å². The van der Waals surface area contributed by atoms with E-state index in [1.807, 2.05) is 0 Å². The van der Waals surface area contributed by atoms with Crippen molar-refractivity contribution in [2.75, 3.05) is 0 Å². The molecule has 0 spiro atoms. The Balaban J connectivity index is 2.18. The van der Waals surface area contributed by atoms with Crippen LogP contribution in [0.3, 0.4) is 0 Å². The SMILES string of the molecule is CC1CCC(NS(=O)(=O)c2ccc(F)c(CN)c2)C(C)C1. The standard InChI is InChI=1S/C15H23FN2O2S/c1-10-3-6-15(11(2)7-10)18-21(19,20)13-4-5-14(16)12(8-13)9-17/h4-5,8,10-11,15,18H,3,6-7,9,17H2,1-2H3. The number of benzene rings is 1. The van der Waals surface area contributed by atoms with Gasteiger partial charge in [0.05, 0.1) is 4.90 Å². The number of hydrogen-bond acceptors (Lipinski definition) is 3. The van der Waals surface area contributed by atoms with Crippen LogP contribution in [-0.4, -0.2) is 14.5 Å². The van der Waals surface area contributed by atoms with Gasteiger partial charge in [0.2, 0.25) is 10.0 Å². The lowest BCUT2D eigenvalue weighted by Crippen LogP contribution is -2.42. The van der Waals surface area contributed by atoms with Gasteiger partial charge in [-0.3, -0.25) is 0 Å². The van der Waals surface area contributed by atoms with Gasteiger partial charge in [-0.15, -0.1) is 0 Å². The molecule has 1 fully saturated rings. The largest absolute Gasteiger partial charge is 0.326 e. The van der Waals surface area contributed by atoms with E-state index in [1.54, 1.807) is 0 Å². The molecule has 1 saturated carbocycles. The van der Waals surface area contributed by atoms with E-state index in [-0.39, 0.29) is 23.0 Å². The highest BCUT2D eigenvalue weighted by atomic mass is 32.2.